The minimum atomic E-state index is 0.0943. The Balaban J connectivity index is 1.65. The van der Waals surface area contributed by atoms with Gasteiger partial charge in [0.1, 0.15) is 0 Å². The van der Waals surface area contributed by atoms with Crippen LogP contribution in [-0.4, -0.2) is 33.4 Å². The first-order valence-corrected chi connectivity index (χ1v) is 8.47. The molecule has 130 valence electrons. The molecular weight excluding hydrogens is 314 g/mol. The van der Waals surface area contributed by atoms with E-state index in [1.54, 1.807) is 0 Å². The van der Waals surface area contributed by atoms with Crippen molar-refractivity contribution in [3.8, 4) is 0 Å². The van der Waals surface area contributed by atoms with Crippen molar-refractivity contribution in [3.63, 3.8) is 0 Å². The van der Waals surface area contributed by atoms with Gasteiger partial charge in [-0.25, -0.2) is 0 Å². The molecule has 0 amide bonds. The van der Waals surface area contributed by atoms with Gasteiger partial charge in [0.25, 0.3) is 0 Å². The maximum Gasteiger partial charge on any atom is 0.230 e. The molecule has 1 N–H and O–H groups in total. The number of rotatable bonds is 8. The van der Waals surface area contributed by atoms with Gasteiger partial charge in [-0.1, -0.05) is 54.6 Å². The van der Waals surface area contributed by atoms with Crippen LogP contribution in [0.2, 0.25) is 0 Å². The Morgan fingerprint density at radius 3 is 2.40 bits per heavy atom. The van der Waals surface area contributed by atoms with Crippen LogP contribution in [0, 0.1) is 6.92 Å². The number of aliphatic hydroxyl groups is 1. The number of aromatic nitrogens is 2. The molecule has 1 aromatic heterocycles. The topological polar surface area (TPSA) is 62.4 Å². The van der Waals surface area contributed by atoms with Crippen LogP contribution >= 0.6 is 0 Å². The molecule has 0 fully saturated rings. The third-order valence-electron chi connectivity index (χ3n) is 4.14. The molecule has 2 aromatic carbocycles. The fraction of sp³-hybridized carbons (Fsp3) is 0.300. The van der Waals surface area contributed by atoms with Gasteiger partial charge in [0, 0.05) is 13.1 Å². The van der Waals surface area contributed by atoms with Crippen molar-refractivity contribution in [3.05, 3.63) is 83.1 Å². The monoisotopic (exact) mass is 337 g/mol. The summed E-state index contributed by atoms with van der Waals surface area (Å²) in [6.07, 6.45) is 0.637. The molecular formula is C20H23N3O2. The van der Waals surface area contributed by atoms with E-state index in [0.717, 1.165) is 6.54 Å². The second-order valence-electron chi connectivity index (χ2n) is 6.11. The Labute approximate surface area is 147 Å². The molecule has 0 saturated heterocycles. The predicted octanol–water partition coefficient (Wildman–Crippen LogP) is 2.96. The first-order chi connectivity index (χ1) is 12.2. The fourth-order valence-electron chi connectivity index (χ4n) is 2.78. The Morgan fingerprint density at radius 2 is 1.64 bits per heavy atom. The summed E-state index contributed by atoms with van der Waals surface area (Å²) >= 11 is 0. The predicted molar refractivity (Wildman–Crippen MR) is 95.9 cm³/mol. The van der Waals surface area contributed by atoms with E-state index in [4.69, 9.17) is 4.42 Å². The van der Waals surface area contributed by atoms with Gasteiger partial charge in [-0.3, -0.25) is 4.90 Å². The first-order valence-electron chi connectivity index (χ1n) is 8.47. The minimum Gasteiger partial charge on any atom is -0.424 e. The van der Waals surface area contributed by atoms with E-state index in [1.807, 2.05) is 30.3 Å². The Hall–Kier alpha value is -2.50. The maximum atomic E-state index is 9.31. The highest BCUT2D eigenvalue weighted by Gasteiger charge is 2.13. The van der Waals surface area contributed by atoms with Crippen LogP contribution in [0.3, 0.4) is 0 Å². The SMILES string of the molecule is Cc1ccccc1Cc1nnc(CN(CCO)Cc2ccccc2)o1. The summed E-state index contributed by atoms with van der Waals surface area (Å²) in [6.45, 7) is 3.99. The van der Waals surface area contributed by atoms with E-state index in [9.17, 15) is 5.11 Å². The number of nitrogens with zero attached hydrogens (tertiary/aromatic N) is 3. The van der Waals surface area contributed by atoms with Crippen LogP contribution in [0.5, 0.6) is 0 Å². The van der Waals surface area contributed by atoms with E-state index in [2.05, 4.69) is 46.3 Å². The lowest BCUT2D eigenvalue weighted by Crippen LogP contribution is -2.26. The summed E-state index contributed by atoms with van der Waals surface area (Å²) in [4.78, 5) is 2.10. The summed E-state index contributed by atoms with van der Waals surface area (Å²) in [5.41, 5.74) is 3.60. The van der Waals surface area contributed by atoms with E-state index < -0.39 is 0 Å². The first kappa shape index (κ1) is 17.3. The van der Waals surface area contributed by atoms with Crippen LogP contribution in [0.4, 0.5) is 0 Å². The molecule has 0 aliphatic carbocycles. The van der Waals surface area contributed by atoms with E-state index in [-0.39, 0.29) is 6.61 Å². The van der Waals surface area contributed by atoms with E-state index in [1.165, 1.54) is 16.7 Å². The van der Waals surface area contributed by atoms with Gasteiger partial charge in [0.2, 0.25) is 11.8 Å². The van der Waals surface area contributed by atoms with Crippen molar-refractivity contribution < 1.29 is 9.52 Å². The van der Waals surface area contributed by atoms with Crippen LogP contribution in [0.25, 0.3) is 0 Å². The molecule has 0 aliphatic heterocycles. The molecule has 0 spiro atoms. The lowest BCUT2D eigenvalue weighted by Gasteiger charge is -2.19. The minimum absolute atomic E-state index is 0.0943. The summed E-state index contributed by atoms with van der Waals surface area (Å²) in [5.74, 6) is 1.20. The van der Waals surface area contributed by atoms with Gasteiger partial charge in [-0.05, 0) is 23.6 Å². The van der Waals surface area contributed by atoms with Crippen molar-refractivity contribution in [2.45, 2.75) is 26.4 Å². The highest BCUT2D eigenvalue weighted by molar-refractivity contribution is 5.27. The highest BCUT2D eigenvalue weighted by Crippen LogP contribution is 2.14. The zero-order valence-electron chi connectivity index (χ0n) is 14.4. The summed E-state index contributed by atoms with van der Waals surface area (Å²) in [5, 5.41) is 17.6. The molecule has 1 heterocycles. The lowest BCUT2D eigenvalue weighted by molar-refractivity contribution is 0.171. The summed E-state index contributed by atoms with van der Waals surface area (Å²) in [7, 11) is 0. The van der Waals surface area contributed by atoms with Crippen molar-refractivity contribution >= 4 is 0 Å². The van der Waals surface area contributed by atoms with Crippen LogP contribution in [0.1, 0.15) is 28.5 Å². The molecule has 0 unspecified atom stereocenters. The van der Waals surface area contributed by atoms with Crippen molar-refractivity contribution in [1.82, 2.24) is 15.1 Å². The van der Waals surface area contributed by atoms with Crippen molar-refractivity contribution in [1.29, 1.82) is 0 Å². The smallest absolute Gasteiger partial charge is 0.230 e. The number of aliphatic hydroxyl groups excluding tert-OH is 1. The Morgan fingerprint density at radius 1 is 0.920 bits per heavy atom. The second kappa shape index (κ2) is 8.55. The van der Waals surface area contributed by atoms with Crippen molar-refractivity contribution in [2.24, 2.45) is 0 Å². The normalized spacial score (nSPS) is 11.2. The number of hydrogen-bond acceptors (Lipinski definition) is 5. The van der Waals surface area contributed by atoms with Gasteiger partial charge in [0.05, 0.1) is 19.6 Å². The average molecular weight is 337 g/mol. The van der Waals surface area contributed by atoms with Gasteiger partial charge in [0.15, 0.2) is 0 Å². The molecule has 0 aliphatic rings. The van der Waals surface area contributed by atoms with Gasteiger partial charge >= 0.3 is 0 Å². The largest absolute Gasteiger partial charge is 0.424 e. The molecule has 0 bridgehead atoms. The molecule has 5 nitrogen and oxygen atoms in total. The van der Waals surface area contributed by atoms with Crippen molar-refractivity contribution in [2.75, 3.05) is 13.2 Å². The second-order valence-corrected chi connectivity index (χ2v) is 6.11. The van der Waals surface area contributed by atoms with E-state index in [0.29, 0.717) is 31.3 Å². The van der Waals surface area contributed by atoms with Crippen LogP contribution in [0.15, 0.2) is 59.0 Å². The van der Waals surface area contributed by atoms with Gasteiger partial charge < -0.3 is 9.52 Å². The molecule has 5 heteroatoms. The lowest BCUT2D eigenvalue weighted by atomic mass is 10.1. The number of aryl methyl sites for hydroxylation is 1. The quantitative estimate of drug-likeness (QED) is 0.685. The molecule has 3 aromatic rings. The Kier molecular flexibility index (Phi) is 5.93. The Bertz CT molecular complexity index is 786. The molecule has 25 heavy (non-hydrogen) atoms. The maximum absolute atomic E-state index is 9.31. The standard InChI is InChI=1S/C20H23N3O2/c1-16-7-5-6-10-18(16)13-19-21-22-20(25-19)15-23(11-12-24)14-17-8-3-2-4-9-17/h2-10,24H,11-15H2,1H3. The molecule has 0 radical (unpaired) electrons. The van der Waals surface area contributed by atoms with Crippen LogP contribution < -0.4 is 0 Å². The zero-order valence-corrected chi connectivity index (χ0v) is 14.4. The van der Waals surface area contributed by atoms with Gasteiger partial charge in [-0.15, -0.1) is 10.2 Å². The molecule has 0 saturated carbocycles. The number of benzene rings is 2. The molecule has 0 atom stereocenters. The highest BCUT2D eigenvalue weighted by atomic mass is 16.4. The summed E-state index contributed by atoms with van der Waals surface area (Å²) in [6, 6.07) is 18.4. The third-order valence-corrected chi connectivity index (χ3v) is 4.14. The average Bonchev–Trinajstić information content (AvgIpc) is 3.05. The van der Waals surface area contributed by atoms with Crippen LogP contribution in [-0.2, 0) is 19.5 Å². The summed E-state index contributed by atoms with van der Waals surface area (Å²) < 4.78 is 5.81. The zero-order chi connectivity index (χ0) is 17.5. The number of hydrogen-bond donors (Lipinski definition) is 1. The third kappa shape index (κ3) is 4.98. The van der Waals surface area contributed by atoms with E-state index >= 15 is 0 Å². The fourth-order valence-corrected chi connectivity index (χ4v) is 2.78. The van der Waals surface area contributed by atoms with Gasteiger partial charge in [-0.2, -0.15) is 0 Å². The molecule has 3 rings (SSSR count).